The molecule has 0 aliphatic rings. The summed E-state index contributed by atoms with van der Waals surface area (Å²) in [4.78, 5) is 1.04. The lowest BCUT2D eigenvalue weighted by molar-refractivity contribution is -0.137. The van der Waals surface area contributed by atoms with Gasteiger partial charge in [-0.05, 0) is 42.3 Å². The molecule has 0 aliphatic heterocycles. The van der Waals surface area contributed by atoms with Gasteiger partial charge in [-0.25, -0.2) is 0 Å². The average Bonchev–Trinajstić information content (AvgIpc) is 2.79. The van der Waals surface area contributed by atoms with E-state index in [0.717, 1.165) is 17.4 Å². The third-order valence-electron chi connectivity index (χ3n) is 2.75. The van der Waals surface area contributed by atoms with Crippen LogP contribution in [0.1, 0.15) is 16.0 Å². The topological polar surface area (TPSA) is 49.8 Å². The molecule has 6 heteroatoms. The average molecular weight is 282 g/mol. The van der Waals surface area contributed by atoms with Gasteiger partial charge in [0.15, 0.2) is 0 Å². The first-order valence-corrected chi connectivity index (χ1v) is 6.12. The highest BCUT2D eigenvalue weighted by atomic mass is 32.1. The smallest absolute Gasteiger partial charge is 0.398 e. The second-order valence-corrected chi connectivity index (χ2v) is 5.10. The number of thiophene rings is 1. The lowest BCUT2D eigenvalue weighted by Crippen LogP contribution is -2.09. The third-order valence-corrected chi connectivity index (χ3v) is 3.79. The minimum atomic E-state index is -4.44. The quantitative estimate of drug-likeness (QED) is 0.797. The summed E-state index contributed by atoms with van der Waals surface area (Å²) in [5.41, 5.74) is 5.39. The number of hydrogen-bond acceptors (Lipinski definition) is 3. The van der Waals surface area contributed by atoms with Gasteiger partial charge in [0.1, 0.15) is 10.9 Å². The molecule has 0 saturated carbocycles. The van der Waals surface area contributed by atoms with E-state index in [1.807, 2.05) is 6.07 Å². The number of nitrogens with two attached hydrogens (primary N) is 1. The van der Waals surface area contributed by atoms with Crippen LogP contribution in [0.5, 0.6) is 0 Å². The fraction of sp³-hybridized carbons (Fsp3) is 0.154. The molecule has 2 N–H and O–H groups in total. The van der Waals surface area contributed by atoms with Crippen molar-refractivity contribution in [1.29, 1.82) is 5.26 Å². The standard InChI is InChI=1S/C13H9F3N2S/c1-7-10(13(14,15)16)4-8(5-11(7)18)12-3-2-9(6-17)19-12/h2-5H,18H2,1H3. The predicted octanol–water partition coefficient (Wildman–Crippen LogP) is 4.20. The zero-order valence-corrected chi connectivity index (χ0v) is 10.7. The maximum Gasteiger partial charge on any atom is 0.416 e. The van der Waals surface area contributed by atoms with Crippen LogP contribution in [-0.2, 0) is 6.18 Å². The molecule has 1 aromatic carbocycles. The zero-order chi connectivity index (χ0) is 14.2. The lowest BCUT2D eigenvalue weighted by Gasteiger charge is -2.14. The van der Waals surface area contributed by atoms with Crippen LogP contribution in [0.3, 0.4) is 0 Å². The maximum atomic E-state index is 12.9. The number of alkyl halides is 3. The summed E-state index contributed by atoms with van der Waals surface area (Å²) in [6.07, 6.45) is -4.44. The van der Waals surface area contributed by atoms with E-state index < -0.39 is 11.7 Å². The molecule has 2 rings (SSSR count). The molecular formula is C13H9F3N2S. The first kappa shape index (κ1) is 13.4. The molecule has 0 bridgehead atoms. The van der Waals surface area contributed by atoms with Crippen molar-refractivity contribution < 1.29 is 13.2 Å². The van der Waals surface area contributed by atoms with Crippen LogP contribution in [-0.4, -0.2) is 0 Å². The van der Waals surface area contributed by atoms with Crippen LogP contribution in [0.2, 0.25) is 0 Å². The van der Waals surface area contributed by atoms with Gasteiger partial charge in [-0.3, -0.25) is 0 Å². The van der Waals surface area contributed by atoms with Gasteiger partial charge < -0.3 is 5.73 Å². The van der Waals surface area contributed by atoms with Crippen LogP contribution >= 0.6 is 11.3 Å². The number of nitrogens with zero attached hydrogens (tertiary/aromatic N) is 1. The Hall–Kier alpha value is -2.00. The van der Waals surface area contributed by atoms with Crippen LogP contribution in [0.15, 0.2) is 24.3 Å². The number of halogens is 3. The van der Waals surface area contributed by atoms with E-state index >= 15 is 0 Å². The van der Waals surface area contributed by atoms with Gasteiger partial charge in [0, 0.05) is 10.6 Å². The summed E-state index contributed by atoms with van der Waals surface area (Å²) in [5.74, 6) is 0. The molecule has 0 spiro atoms. The maximum absolute atomic E-state index is 12.9. The lowest BCUT2D eigenvalue weighted by atomic mass is 10.0. The summed E-state index contributed by atoms with van der Waals surface area (Å²) in [7, 11) is 0. The van der Waals surface area contributed by atoms with Crippen molar-refractivity contribution in [2.45, 2.75) is 13.1 Å². The summed E-state index contributed by atoms with van der Waals surface area (Å²) in [5, 5.41) is 8.74. The Morgan fingerprint density at radius 3 is 2.47 bits per heavy atom. The van der Waals surface area contributed by atoms with Gasteiger partial charge in [0.2, 0.25) is 0 Å². The molecule has 2 aromatic rings. The highest BCUT2D eigenvalue weighted by Crippen LogP contribution is 2.38. The number of rotatable bonds is 1. The summed E-state index contributed by atoms with van der Waals surface area (Å²) in [6, 6.07) is 7.71. The minimum Gasteiger partial charge on any atom is -0.398 e. The molecule has 0 aliphatic carbocycles. The van der Waals surface area contributed by atoms with E-state index in [4.69, 9.17) is 11.0 Å². The number of hydrogen-bond donors (Lipinski definition) is 1. The van der Waals surface area contributed by atoms with Crippen molar-refractivity contribution in [3.8, 4) is 16.5 Å². The van der Waals surface area contributed by atoms with Crippen LogP contribution in [0, 0.1) is 18.3 Å². The molecule has 2 nitrogen and oxygen atoms in total. The summed E-state index contributed by atoms with van der Waals surface area (Å²) >= 11 is 1.14. The highest BCUT2D eigenvalue weighted by molar-refractivity contribution is 7.16. The number of nitrogen functional groups attached to an aromatic ring is 1. The first-order chi connectivity index (χ1) is 8.82. The van der Waals surface area contributed by atoms with Crippen molar-refractivity contribution in [3.05, 3.63) is 40.3 Å². The molecule has 0 radical (unpaired) electrons. The molecule has 1 aromatic heterocycles. The van der Waals surface area contributed by atoms with Crippen molar-refractivity contribution >= 4 is 17.0 Å². The number of benzene rings is 1. The van der Waals surface area contributed by atoms with E-state index in [2.05, 4.69) is 0 Å². The largest absolute Gasteiger partial charge is 0.416 e. The number of nitriles is 1. The van der Waals surface area contributed by atoms with E-state index in [1.54, 1.807) is 12.1 Å². The van der Waals surface area contributed by atoms with E-state index in [-0.39, 0.29) is 11.3 Å². The fourth-order valence-electron chi connectivity index (χ4n) is 1.73. The van der Waals surface area contributed by atoms with E-state index in [9.17, 15) is 13.2 Å². The molecule has 1 heterocycles. The molecule has 0 unspecified atom stereocenters. The second kappa shape index (κ2) is 4.59. The Bertz CT molecular complexity index is 666. The van der Waals surface area contributed by atoms with Crippen molar-refractivity contribution in [2.75, 3.05) is 5.73 Å². The Kier molecular flexibility index (Phi) is 3.25. The predicted molar refractivity (Wildman–Crippen MR) is 68.6 cm³/mol. The molecule has 0 atom stereocenters. The van der Waals surface area contributed by atoms with Crippen LogP contribution in [0.25, 0.3) is 10.4 Å². The molecule has 98 valence electrons. The Morgan fingerprint density at radius 2 is 1.95 bits per heavy atom. The van der Waals surface area contributed by atoms with Crippen molar-refractivity contribution in [1.82, 2.24) is 0 Å². The molecule has 0 fully saturated rings. The molecule has 0 amide bonds. The Labute approximate surface area is 111 Å². The minimum absolute atomic E-state index is 0.0216. The highest BCUT2D eigenvalue weighted by Gasteiger charge is 2.33. The second-order valence-electron chi connectivity index (χ2n) is 4.01. The Morgan fingerprint density at radius 1 is 1.26 bits per heavy atom. The Balaban J connectivity index is 2.60. The van der Waals surface area contributed by atoms with E-state index in [0.29, 0.717) is 15.3 Å². The normalized spacial score (nSPS) is 11.3. The van der Waals surface area contributed by atoms with Crippen molar-refractivity contribution in [3.63, 3.8) is 0 Å². The third kappa shape index (κ3) is 2.56. The zero-order valence-electron chi connectivity index (χ0n) is 9.88. The van der Waals surface area contributed by atoms with Crippen molar-refractivity contribution in [2.24, 2.45) is 0 Å². The first-order valence-electron chi connectivity index (χ1n) is 5.30. The molecule has 19 heavy (non-hydrogen) atoms. The monoisotopic (exact) mass is 282 g/mol. The fourth-order valence-corrected chi connectivity index (χ4v) is 2.52. The van der Waals surface area contributed by atoms with Crippen LogP contribution < -0.4 is 5.73 Å². The van der Waals surface area contributed by atoms with Gasteiger partial charge in [-0.15, -0.1) is 11.3 Å². The van der Waals surface area contributed by atoms with Gasteiger partial charge in [-0.2, -0.15) is 18.4 Å². The van der Waals surface area contributed by atoms with Gasteiger partial charge in [0.25, 0.3) is 0 Å². The van der Waals surface area contributed by atoms with Gasteiger partial charge >= 0.3 is 6.18 Å². The molecule has 0 saturated heterocycles. The van der Waals surface area contributed by atoms with Gasteiger partial charge in [0.05, 0.1) is 5.56 Å². The summed E-state index contributed by atoms with van der Waals surface area (Å²) < 4.78 is 38.7. The summed E-state index contributed by atoms with van der Waals surface area (Å²) in [6.45, 7) is 1.34. The molecular weight excluding hydrogens is 273 g/mol. The SMILES string of the molecule is Cc1c(N)cc(-c2ccc(C#N)s2)cc1C(F)(F)F. The van der Waals surface area contributed by atoms with E-state index in [1.165, 1.54) is 13.0 Å². The van der Waals surface area contributed by atoms with Crippen LogP contribution in [0.4, 0.5) is 18.9 Å². The number of anilines is 1. The van der Waals surface area contributed by atoms with Gasteiger partial charge in [-0.1, -0.05) is 0 Å².